The largest absolute Gasteiger partial charge is 0.496 e. The molecule has 8 nitrogen and oxygen atoms in total. The molecule has 0 aliphatic carbocycles. The number of esters is 1. The molecule has 0 aliphatic heterocycles. The smallest absolute Gasteiger partial charge is 0.308 e. The molecule has 29 heavy (non-hydrogen) atoms. The van der Waals surface area contributed by atoms with E-state index in [1.54, 1.807) is 42.5 Å². The molecule has 0 radical (unpaired) electrons. The zero-order valence-corrected chi connectivity index (χ0v) is 16.2. The van der Waals surface area contributed by atoms with Gasteiger partial charge in [-0.25, -0.2) is 0 Å². The van der Waals surface area contributed by atoms with Gasteiger partial charge in [0.2, 0.25) is 0 Å². The molecule has 2 rings (SSSR count). The number of carbonyl (C=O) groups is 4. The number of anilines is 1. The number of hydrogen-bond acceptors (Lipinski definition) is 6. The number of nitrogens with one attached hydrogen (secondary N) is 2. The van der Waals surface area contributed by atoms with Crippen LogP contribution in [0.2, 0.25) is 0 Å². The maximum atomic E-state index is 12.1. The molecule has 0 unspecified atom stereocenters. The molecule has 0 aliphatic rings. The molecule has 0 atom stereocenters. The molecule has 0 bridgehead atoms. The fourth-order valence-corrected chi connectivity index (χ4v) is 2.44. The van der Waals surface area contributed by atoms with Crippen molar-refractivity contribution < 1.29 is 28.7 Å². The maximum Gasteiger partial charge on any atom is 0.308 e. The lowest BCUT2D eigenvalue weighted by molar-refractivity contribution is -0.147. The summed E-state index contributed by atoms with van der Waals surface area (Å²) >= 11 is 0. The highest BCUT2D eigenvalue weighted by Gasteiger charge is 2.13. The molecular weight excluding hydrogens is 376 g/mol. The molecule has 2 N–H and O–H groups in total. The lowest BCUT2D eigenvalue weighted by Crippen LogP contribution is -2.28. The first-order valence-electron chi connectivity index (χ1n) is 8.88. The Kier molecular flexibility index (Phi) is 7.90. The molecule has 0 saturated heterocycles. The van der Waals surface area contributed by atoms with Gasteiger partial charge in [0.05, 0.1) is 19.1 Å². The van der Waals surface area contributed by atoms with E-state index in [0.717, 1.165) is 0 Å². The summed E-state index contributed by atoms with van der Waals surface area (Å²) in [6.45, 7) is 1.01. The quantitative estimate of drug-likeness (QED) is 0.495. The molecular formula is C21H22N2O6. The van der Waals surface area contributed by atoms with E-state index in [4.69, 9.17) is 9.47 Å². The van der Waals surface area contributed by atoms with Crippen LogP contribution in [0.1, 0.15) is 34.1 Å². The summed E-state index contributed by atoms with van der Waals surface area (Å²) in [4.78, 5) is 47.1. The highest BCUT2D eigenvalue weighted by atomic mass is 16.5. The third-order valence-electron chi connectivity index (χ3n) is 3.88. The number of hydrogen-bond donors (Lipinski definition) is 2. The van der Waals surface area contributed by atoms with Crippen molar-refractivity contribution in [1.29, 1.82) is 0 Å². The second-order valence-electron chi connectivity index (χ2n) is 6.05. The number of benzene rings is 2. The third kappa shape index (κ3) is 6.76. The number of ether oxygens (including phenoxy) is 2. The second kappa shape index (κ2) is 10.6. The first-order valence-corrected chi connectivity index (χ1v) is 8.88. The first-order chi connectivity index (χ1) is 13.9. The SMILES string of the molecule is COc1ccccc1C(=O)NCCC(=O)OCC(=O)Nc1cccc(C(C)=O)c1. The highest BCUT2D eigenvalue weighted by molar-refractivity contribution is 5.98. The molecule has 2 aromatic rings. The maximum absolute atomic E-state index is 12.1. The molecule has 0 spiro atoms. The van der Waals surface area contributed by atoms with E-state index >= 15 is 0 Å². The fourth-order valence-electron chi connectivity index (χ4n) is 2.44. The average molecular weight is 398 g/mol. The van der Waals surface area contributed by atoms with Crippen LogP contribution in [0.25, 0.3) is 0 Å². The number of Topliss-reactive ketones (excluding diaryl/α,β-unsaturated/α-hetero) is 1. The van der Waals surface area contributed by atoms with E-state index in [-0.39, 0.29) is 24.7 Å². The van der Waals surface area contributed by atoms with E-state index in [2.05, 4.69) is 10.6 Å². The van der Waals surface area contributed by atoms with E-state index in [9.17, 15) is 19.2 Å². The van der Waals surface area contributed by atoms with Gasteiger partial charge in [0.25, 0.3) is 11.8 Å². The molecule has 2 amide bonds. The molecule has 0 aromatic heterocycles. The van der Waals surface area contributed by atoms with Gasteiger partial charge in [-0.1, -0.05) is 24.3 Å². The van der Waals surface area contributed by atoms with Gasteiger partial charge >= 0.3 is 5.97 Å². The summed E-state index contributed by atoms with van der Waals surface area (Å²) in [5.74, 6) is -1.23. The number of rotatable bonds is 9. The van der Waals surface area contributed by atoms with Crippen molar-refractivity contribution in [3.05, 3.63) is 59.7 Å². The third-order valence-corrected chi connectivity index (χ3v) is 3.88. The lowest BCUT2D eigenvalue weighted by atomic mass is 10.1. The van der Waals surface area contributed by atoms with Crippen LogP contribution >= 0.6 is 0 Å². The van der Waals surface area contributed by atoms with Gasteiger partial charge in [0.1, 0.15) is 5.75 Å². The van der Waals surface area contributed by atoms with E-state index in [0.29, 0.717) is 22.6 Å². The van der Waals surface area contributed by atoms with Crippen LogP contribution in [0.15, 0.2) is 48.5 Å². The zero-order chi connectivity index (χ0) is 21.2. The van der Waals surface area contributed by atoms with E-state index in [1.807, 2.05) is 0 Å². The Labute approximate surface area is 168 Å². The predicted molar refractivity (Wildman–Crippen MR) is 106 cm³/mol. The van der Waals surface area contributed by atoms with Crippen molar-refractivity contribution in [3.63, 3.8) is 0 Å². The van der Waals surface area contributed by atoms with Crippen molar-refractivity contribution in [3.8, 4) is 5.75 Å². The van der Waals surface area contributed by atoms with Crippen LogP contribution in [0.5, 0.6) is 5.75 Å². The number of carbonyl (C=O) groups excluding carboxylic acids is 4. The highest BCUT2D eigenvalue weighted by Crippen LogP contribution is 2.16. The first kappa shape index (κ1) is 21.6. The summed E-state index contributed by atoms with van der Waals surface area (Å²) in [6, 6.07) is 13.2. The Bertz CT molecular complexity index is 910. The number of para-hydroxylation sites is 1. The molecule has 8 heteroatoms. The summed E-state index contributed by atoms with van der Waals surface area (Å²) in [6.07, 6.45) is -0.0893. The minimum absolute atomic E-state index is 0.0536. The Hall–Kier alpha value is -3.68. The molecule has 2 aromatic carbocycles. The summed E-state index contributed by atoms with van der Waals surface area (Å²) in [7, 11) is 1.46. The van der Waals surface area contributed by atoms with Gasteiger partial charge < -0.3 is 20.1 Å². The Balaban J connectivity index is 1.73. The molecule has 0 saturated carbocycles. The lowest BCUT2D eigenvalue weighted by Gasteiger charge is -2.09. The molecule has 0 fully saturated rings. The average Bonchev–Trinajstić information content (AvgIpc) is 2.72. The second-order valence-corrected chi connectivity index (χ2v) is 6.05. The van der Waals surface area contributed by atoms with Gasteiger partial charge in [-0.15, -0.1) is 0 Å². The Morgan fingerprint density at radius 3 is 2.48 bits per heavy atom. The van der Waals surface area contributed by atoms with Gasteiger partial charge in [-0.2, -0.15) is 0 Å². The van der Waals surface area contributed by atoms with Crippen molar-refractivity contribution >= 4 is 29.3 Å². The number of ketones is 1. The van der Waals surface area contributed by atoms with E-state index < -0.39 is 18.5 Å². The summed E-state index contributed by atoms with van der Waals surface area (Å²) in [5, 5.41) is 5.15. The zero-order valence-electron chi connectivity index (χ0n) is 16.2. The van der Waals surface area contributed by atoms with Crippen LogP contribution in [-0.4, -0.2) is 43.8 Å². The normalized spacial score (nSPS) is 10.0. The molecule has 0 heterocycles. The van der Waals surface area contributed by atoms with Crippen molar-refractivity contribution in [1.82, 2.24) is 5.32 Å². The number of amides is 2. The van der Waals surface area contributed by atoms with Crippen LogP contribution in [0.3, 0.4) is 0 Å². The van der Waals surface area contributed by atoms with Crippen LogP contribution in [0.4, 0.5) is 5.69 Å². The minimum atomic E-state index is -0.627. The standard InChI is InChI=1S/C21H22N2O6/c1-14(24)15-6-5-7-16(12-15)23-19(25)13-29-20(26)10-11-22-21(27)17-8-3-4-9-18(17)28-2/h3-9,12H,10-11,13H2,1-2H3,(H,22,27)(H,23,25). The van der Waals surface area contributed by atoms with Gasteiger partial charge in [-0.05, 0) is 31.2 Å². The summed E-state index contributed by atoms with van der Waals surface area (Å²) < 4.78 is 10.0. The monoisotopic (exact) mass is 398 g/mol. The Morgan fingerprint density at radius 1 is 1.00 bits per heavy atom. The predicted octanol–water partition coefficient (Wildman–Crippen LogP) is 2.20. The van der Waals surface area contributed by atoms with Crippen LogP contribution < -0.4 is 15.4 Å². The fraction of sp³-hybridized carbons (Fsp3) is 0.238. The minimum Gasteiger partial charge on any atom is -0.496 e. The van der Waals surface area contributed by atoms with Gasteiger partial charge in [0, 0.05) is 17.8 Å². The van der Waals surface area contributed by atoms with Crippen LogP contribution in [-0.2, 0) is 14.3 Å². The van der Waals surface area contributed by atoms with Crippen molar-refractivity contribution in [2.24, 2.45) is 0 Å². The molecule has 152 valence electrons. The number of methoxy groups -OCH3 is 1. The van der Waals surface area contributed by atoms with Crippen molar-refractivity contribution in [2.75, 3.05) is 25.6 Å². The van der Waals surface area contributed by atoms with Gasteiger partial charge in [0.15, 0.2) is 12.4 Å². The van der Waals surface area contributed by atoms with Crippen LogP contribution in [0, 0.1) is 0 Å². The Morgan fingerprint density at radius 2 is 1.76 bits per heavy atom. The van der Waals surface area contributed by atoms with Gasteiger partial charge in [-0.3, -0.25) is 19.2 Å². The van der Waals surface area contributed by atoms with Crippen molar-refractivity contribution in [2.45, 2.75) is 13.3 Å². The summed E-state index contributed by atoms with van der Waals surface area (Å²) in [5.41, 5.74) is 1.25. The van der Waals surface area contributed by atoms with E-state index in [1.165, 1.54) is 20.1 Å². The topological polar surface area (TPSA) is 111 Å².